The van der Waals surface area contributed by atoms with E-state index in [-0.39, 0.29) is 6.10 Å². The van der Waals surface area contributed by atoms with E-state index in [0.29, 0.717) is 6.54 Å². The summed E-state index contributed by atoms with van der Waals surface area (Å²) in [4.78, 5) is 5.29. The van der Waals surface area contributed by atoms with Crippen molar-refractivity contribution in [3.8, 4) is 0 Å². The van der Waals surface area contributed by atoms with Crippen LogP contribution in [0.5, 0.6) is 0 Å². The van der Waals surface area contributed by atoms with Crippen LogP contribution in [0.2, 0.25) is 0 Å². The third kappa shape index (κ3) is 2.58. The molecule has 4 heteroatoms. The first-order valence-electron chi connectivity index (χ1n) is 4.98. The molecule has 0 amide bonds. The van der Waals surface area contributed by atoms with Crippen LogP contribution in [0.15, 0.2) is 33.9 Å². The summed E-state index contributed by atoms with van der Waals surface area (Å²) < 4.78 is 1.06. The van der Waals surface area contributed by atoms with Crippen molar-refractivity contribution in [1.29, 1.82) is 0 Å². The van der Waals surface area contributed by atoms with E-state index in [4.69, 9.17) is 10.6 Å². The summed E-state index contributed by atoms with van der Waals surface area (Å²) in [5.41, 5.74) is 7.60. The molecule has 0 spiro atoms. The Morgan fingerprint density at radius 2 is 2.40 bits per heavy atom. The van der Waals surface area contributed by atoms with Crippen LogP contribution in [0.1, 0.15) is 18.4 Å². The molecule has 3 nitrogen and oxygen atoms in total. The first-order valence-corrected chi connectivity index (χ1v) is 5.77. The summed E-state index contributed by atoms with van der Waals surface area (Å²) in [5.74, 6) is 0. The van der Waals surface area contributed by atoms with Gasteiger partial charge in [0.2, 0.25) is 0 Å². The standard InChI is InChI=1S/C11H13BrN2O/c12-9-3-1-2-8(6-9)11-7-10(4-5-13)15-14-11/h1-3,6,10H,4-5,7,13H2. The maximum atomic E-state index is 5.48. The smallest absolute Gasteiger partial charge is 0.134 e. The second kappa shape index (κ2) is 4.77. The quantitative estimate of drug-likeness (QED) is 0.915. The van der Waals surface area contributed by atoms with Gasteiger partial charge in [0.1, 0.15) is 6.10 Å². The van der Waals surface area contributed by atoms with Gasteiger partial charge >= 0.3 is 0 Å². The van der Waals surface area contributed by atoms with Crippen LogP contribution in [-0.4, -0.2) is 18.4 Å². The van der Waals surface area contributed by atoms with E-state index in [2.05, 4.69) is 21.1 Å². The Labute approximate surface area is 97.4 Å². The van der Waals surface area contributed by atoms with E-state index in [1.54, 1.807) is 0 Å². The van der Waals surface area contributed by atoms with Crippen molar-refractivity contribution >= 4 is 21.6 Å². The van der Waals surface area contributed by atoms with Crippen LogP contribution in [-0.2, 0) is 4.84 Å². The summed E-state index contributed by atoms with van der Waals surface area (Å²) in [6.07, 6.45) is 1.87. The molecule has 15 heavy (non-hydrogen) atoms. The number of halogens is 1. The molecule has 0 fully saturated rings. The van der Waals surface area contributed by atoms with Gasteiger partial charge in [-0.1, -0.05) is 33.2 Å². The van der Waals surface area contributed by atoms with Gasteiger partial charge in [-0.05, 0) is 25.1 Å². The highest BCUT2D eigenvalue weighted by Crippen LogP contribution is 2.20. The maximum Gasteiger partial charge on any atom is 0.134 e. The topological polar surface area (TPSA) is 47.6 Å². The van der Waals surface area contributed by atoms with Crippen molar-refractivity contribution in [3.63, 3.8) is 0 Å². The van der Waals surface area contributed by atoms with Crippen molar-refractivity contribution in [3.05, 3.63) is 34.3 Å². The van der Waals surface area contributed by atoms with Gasteiger partial charge in [0.25, 0.3) is 0 Å². The molecule has 0 radical (unpaired) electrons. The Kier molecular flexibility index (Phi) is 3.38. The zero-order valence-corrected chi connectivity index (χ0v) is 9.90. The number of rotatable bonds is 3. The number of benzene rings is 1. The first kappa shape index (κ1) is 10.6. The van der Waals surface area contributed by atoms with E-state index >= 15 is 0 Å². The largest absolute Gasteiger partial charge is 0.392 e. The predicted octanol–water partition coefficient (Wildman–Crippen LogP) is 2.29. The zero-order valence-electron chi connectivity index (χ0n) is 8.32. The maximum absolute atomic E-state index is 5.48. The van der Waals surface area contributed by atoms with Gasteiger partial charge in [-0.25, -0.2) is 0 Å². The van der Waals surface area contributed by atoms with E-state index in [0.717, 1.165) is 28.6 Å². The van der Waals surface area contributed by atoms with E-state index < -0.39 is 0 Å². The SMILES string of the molecule is NCCC1CC(c2cccc(Br)c2)=NO1. The van der Waals surface area contributed by atoms with Crippen molar-refractivity contribution in [2.24, 2.45) is 10.9 Å². The minimum Gasteiger partial charge on any atom is -0.392 e. The summed E-state index contributed by atoms with van der Waals surface area (Å²) in [7, 11) is 0. The average Bonchev–Trinajstić information content (AvgIpc) is 2.67. The summed E-state index contributed by atoms with van der Waals surface area (Å²) in [6.45, 7) is 0.645. The molecule has 0 saturated carbocycles. The number of hydrogen-bond donors (Lipinski definition) is 1. The average molecular weight is 269 g/mol. The second-order valence-corrected chi connectivity index (χ2v) is 4.47. The molecule has 1 aromatic rings. The lowest BCUT2D eigenvalue weighted by Crippen LogP contribution is -2.14. The van der Waals surface area contributed by atoms with Gasteiger partial charge in [0.05, 0.1) is 5.71 Å². The molecule has 2 rings (SSSR count). The number of hydrogen-bond acceptors (Lipinski definition) is 3. The zero-order chi connectivity index (χ0) is 10.7. The Morgan fingerprint density at radius 3 is 3.13 bits per heavy atom. The van der Waals surface area contributed by atoms with Gasteiger partial charge in [-0.15, -0.1) is 0 Å². The van der Waals surface area contributed by atoms with Crippen LogP contribution in [0.3, 0.4) is 0 Å². The molecular formula is C11H13BrN2O. The lowest BCUT2D eigenvalue weighted by Gasteiger charge is -2.04. The van der Waals surface area contributed by atoms with Crippen molar-refractivity contribution in [1.82, 2.24) is 0 Å². The van der Waals surface area contributed by atoms with Gasteiger partial charge < -0.3 is 10.6 Å². The highest BCUT2D eigenvalue weighted by Gasteiger charge is 2.21. The van der Waals surface area contributed by atoms with E-state index in [1.165, 1.54) is 0 Å². The van der Waals surface area contributed by atoms with Crippen molar-refractivity contribution in [2.75, 3.05) is 6.54 Å². The predicted molar refractivity (Wildman–Crippen MR) is 63.8 cm³/mol. The Bertz CT molecular complexity index is 379. The van der Waals surface area contributed by atoms with Crippen LogP contribution >= 0.6 is 15.9 Å². The van der Waals surface area contributed by atoms with E-state index in [1.807, 2.05) is 24.3 Å². The number of nitrogens with two attached hydrogens (primary N) is 1. The molecule has 80 valence electrons. The Balaban J connectivity index is 2.07. The summed E-state index contributed by atoms with van der Waals surface area (Å²) in [6, 6.07) is 8.08. The third-order valence-electron chi connectivity index (χ3n) is 2.38. The van der Waals surface area contributed by atoms with Gasteiger partial charge in [-0.2, -0.15) is 0 Å². The molecule has 1 atom stereocenters. The molecule has 0 saturated heterocycles. The van der Waals surface area contributed by atoms with E-state index in [9.17, 15) is 0 Å². The van der Waals surface area contributed by atoms with Gasteiger partial charge in [-0.3, -0.25) is 0 Å². The van der Waals surface area contributed by atoms with Gasteiger partial charge in [0.15, 0.2) is 0 Å². The molecule has 1 aromatic carbocycles. The molecule has 0 aliphatic carbocycles. The van der Waals surface area contributed by atoms with Gasteiger partial charge in [0, 0.05) is 16.5 Å². The molecule has 0 aromatic heterocycles. The molecule has 1 heterocycles. The van der Waals surface area contributed by atoms with Crippen LogP contribution in [0.4, 0.5) is 0 Å². The fourth-order valence-electron chi connectivity index (χ4n) is 1.61. The normalized spacial score (nSPS) is 19.9. The van der Waals surface area contributed by atoms with Crippen LogP contribution in [0, 0.1) is 0 Å². The van der Waals surface area contributed by atoms with Crippen molar-refractivity contribution < 1.29 is 4.84 Å². The number of nitrogens with zero attached hydrogens (tertiary/aromatic N) is 1. The Hall–Kier alpha value is -0.870. The summed E-state index contributed by atoms with van der Waals surface area (Å²) >= 11 is 3.44. The molecule has 0 bridgehead atoms. The van der Waals surface area contributed by atoms with Crippen LogP contribution in [0.25, 0.3) is 0 Å². The minimum atomic E-state index is 0.156. The highest BCUT2D eigenvalue weighted by atomic mass is 79.9. The fraction of sp³-hybridized carbons (Fsp3) is 0.364. The second-order valence-electron chi connectivity index (χ2n) is 3.56. The highest BCUT2D eigenvalue weighted by molar-refractivity contribution is 9.10. The monoisotopic (exact) mass is 268 g/mol. The lowest BCUT2D eigenvalue weighted by atomic mass is 10.0. The van der Waals surface area contributed by atoms with Crippen LogP contribution < -0.4 is 5.73 Å². The molecule has 1 aliphatic rings. The molecular weight excluding hydrogens is 256 g/mol. The molecule has 1 unspecified atom stereocenters. The third-order valence-corrected chi connectivity index (χ3v) is 2.87. The minimum absolute atomic E-state index is 0.156. The first-order chi connectivity index (χ1) is 7.29. The number of oxime groups is 1. The lowest BCUT2D eigenvalue weighted by molar-refractivity contribution is 0.0810. The molecule has 2 N–H and O–H groups in total. The van der Waals surface area contributed by atoms with Crippen molar-refractivity contribution in [2.45, 2.75) is 18.9 Å². The molecule has 1 aliphatic heterocycles. The fourth-order valence-corrected chi connectivity index (χ4v) is 2.01. The summed E-state index contributed by atoms with van der Waals surface area (Å²) in [5, 5.41) is 4.09. The Morgan fingerprint density at radius 1 is 1.53 bits per heavy atom.